The van der Waals surface area contributed by atoms with Crippen LogP contribution < -0.4 is 5.32 Å². The molecule has 0 spiro atoms. The number of nitrogens with one attached hydrogen (secondary N) is 1. The zero-order valence-electron chi connectivity index (χ0n) is 17.9. The van der Waals surface area contributed by atoms with E-state index in [2.05, 4.69) is 84.0 Å². The summed E-state index contributed by atoms with van der Waals surface area (Å²) < 4.78 is 4.44. The Bertz CT molecular complexity index is 930. The van der Waals surface area contributed by atoms with Crippen LogP contribution in [0.25, 0.3) is 0 Å². The minimum absolute atomic E-state index is 0.410. The first-order valence-corrected chi connectivity index (χ1v) is 10.7. The number of imidazole rings is 2. The quantitative estimate of drug-likeness (QED) is 0.506. The van der Waals surface area contributed by atoms with Gasteiger partial charge in [-0.1, -0.05) is 37.3 Å². The molecule has 7 nitrogen and oxygen atoms in total. The zero-order chi connectivity index (χ0) is 20.8. The van der Waals surface area contributed by atoms with Crippen LogP contribution in [0.5, 0.6) is 0 Å². The second kappa shape index (κ2) is 9.61. The third kappa shape index (κ3) is 4.72. The fraction of sp³-hybridized carbons (Fsp3) is 0.435. The van der Waals surface area contributed by atoms with Crippen LogP contribution in [0.2, 0.25) is 0 Å². The van der Waals surface area contributed by atoms with Crippen LogP contribution in [-0.4, -0.2) is 50.1 Å². The molecule has 1 aliphatic heterocycles. The zero-order valence-corrected chi connectivity index (χ0v) is 17.9. The molecule has 0 saturated carbocycles. The van der Waals surface area contributed by atoms with E-state index in [1.54, 1.807) is 0 Å². The molecule has 3 heterocycles. The highest BCUT2D eigenvalue weighted by Crippen LogP contribution is 2.27. The number of benzene rings is 1. The first-order valence-electron chi connectivity index (χ1n) is 10.7. The number of rotatable bonds is 6. The van der Waals surface area contributed by atoms with Crippen LogP contribution >= 0.6 is 0 Å². The molecule has 1 N–H and O–H groups in total. The molecule has 4 rings (SSSR count). The molecule has 2 aromatic heterocycles. The van der Waals surface area contributed by atoms with E-state index in [-0.39, 0.29) is 0 Å². The maximum atomic E-state index is 4.56. The van der Waals surface area contributed by atoms with Gasteiger partial charge in [0.2, 0.25) is 0 Å². The summed E-state index contributed by atoms with van der Waals surface area (Å²) in [5.41, 5.74) is 1.34. The molecule has 1 saturated heterocycles. The summed E-state index contributed by atoms with van der Waals surface area (Å²) in [7, 11) is 1.86. The van der Waals surface area contributed by atoms with Crippen LogP contribution in [0.1, 0.15) is 30.8 Å². The molecule has 158 valence electrons. The van der Waals surface area contributed by atoms with Crippen molar-refractivity contribution in [3.8, 4) is 0 Å². The Kier molecular flexibility index (Phi) is 6.47. The molecule has 1 aliphatic rings. The SMILES string of the molecule is CN=C(NCc1nccn1CCc1ccccc1)N1CCC(C)C(n2ccnc2)C1. The average Bonchev–Trinajstić information content (AvgIpc) is 3.46. The predicted octanol–water partition coefficient (Wildman–Crippen LogP) is 2.98. The molecule has 0 radical (unpaired) electrons. The summed E-state index contributed by atoms with van der Waals surface area (Å²) in [5, 5.41) is 3.53. The Labute approximate surface area is 178 Å². The fourth-order valence-corrected chi connectivity index (χ4v) is 4.19. The van der Waals surface area contributed by atoms with E-state index in [1.807, 2.05) is 25.8 Å². The molecule has 1 fully saturated rings. The van der Waals surface area contributed by atoms with E-state index in [0.29, 0.717) is 18.5 Å². The number of aryl methyl sites for hydroxylation is 2. The molecule has 0 amide bonds. The minimum Gasteiger partial charge on any atom is -0.349 e. The Morgan fingerprint density at radius 1 is 1.20 bits per heavy atom. The summed E-state index contributed by atoms with van der Waals surface area (Å²) in [4.78, 5) is 15.7. The lowest BCUT2D eigenvalue weighted by Gasteiger charge is -2.39. The van der Waals surface area contributed by atoms with Crippen LogP contribution in [0.4, 0.5) is 0 Å². The van der Waals surface area contributed by atoms with Gasteiger partial charge in [-0.15, -0.1) is 0 Å². The van der Waals surface area contributed by atoms with Crippen molar-refractivity contribution in [1.29, 1.82) is 0 Å². The van der Waals surface area contributed by atoms with Gasteiger partial charge in [0.05, 0.1) is 18.9 Å². The topological polar surface area (TPSA) is 63.3 Å². The van der Waals surface area contributed by atoms with Gasteiger partial charge in [0.15, 0.2) is 5.96 Å². The number of hydrogen-bond acceptors (Lipinski definition) is 3. The fourth-order valence-electron chi connectivity index (χ4n) is 4.19. The van der Waals surface area contributed by atoms with Crippen molar-refractivity contribution in [2.75, 3.05) is 20.1 Å². The summed E-state index contributed by atoms with van der Waals surface area (Å²) >= 11 is 0. The third-order valence-corrected chi connectivity index (χ3v) is 6.03. The van der Waals surface area contributed by atoms with Crippen molar-refractivity contribution in [1.82, 2.24) is 29.3 Å². The van der Waals surface area contributed by atoms with Gasteiger partial charge in [-0.25, -0.2) is 9.97 Å². The van der Waals surface area contributed by atoms with E-state index in [4.69, 9.17) is 0 Å². The number of guanidine groups is 1. The number of likely N-dealkylation sites (tertiary alicyclic amines) is 1. The first kappa shape index (κ1) is 20.2. The van der Waals surface area contributed by atoms with Crippen molar-refractivity contribution < 1.29 is 0 Å². The van der Waals surface area contributed by atoms with Crippen molar-refractivity contribution in [3.63, 3.8) is 0 Å². The molecule has 2 atom stereocenters. The Balaban J connectivity index is 1.35. The molecule has 0 aliphatic carbocycles. The highest BCUT2D eigenvalue weighted by molar-refractivity contribution is 5.79. The normalized spacial score (nSPS) is 19.8. The molecule has 2 unspecified atom stereocenters. The maximum absolute atomic E-state index is 4.56. The molecule has 0 bridgehead atoms. The monoisotopic (exact) mass is 405 g/mol. The van der Waals surface area contributed by atoms with Crippen molar-refractivity contribution in [2.24, 2.45) is 10.9 Å². The summed E-state index contributed by atoms with van der Waals surface area (Å²) in [6.45, 7) is 5.84. The van der Waals surface area contributed by atoms with Gasteiger partial charge in [-0.05, 0) is 24.3 Å². The Morgan fingerprint density at radius 3 is 2.83 bits per heavy atom. The lowest BCUT2D eigenvalue weighted by atomic mass is 9.93. The molecule has 3 aromatic rings. The number of piperidine rings is 1. The number of hydrogen-bond donors (Lipinski definition) is 1. The predicted molar refractivity (Wildman–Crippen MR) is 119 cm³/mol. The smallest absolute Gasteiger partial charge is 0.194 e. The van der Waals surface area contributed by atoms with Crippen molar-refractivity contribution >= 4 is 5.96 Å². The number of aliphatic imine (C=N–C) groups is 1. The molecular formula is C23H31N7. The summed E-state index contributed by atoms with van der Waals surface area (Å²) in [6, 6.07) is 11.0. The van der Waals surface area contributed by atoms with E-state index in [1.165, 1.54) is 5.56 Å². The minimum atomic E-state index is 0.410. The van der Waals surface area contributed by atoms with Crippen LogP contribution in [-0.2, 0) is 19.5 Å². The largest absolute Gasteiger partial charge is 0.349 e. The van der Waals surface area contributed by atoms with Gasteiger partial charge in [-0.2, -0.15) is 0 Å². The van der Waals surface area contributed by atoms with Gasteiger partial charge >= 0.3 is 0 Å². The van der Waals surface area contributed by atoms with Gasteiger partial charge in [0.1, 0.15) is 5.82 Å². The summed E-state index contributed by atoms with van der Waals surface area (Å²) in [6.07, 6.45) is 11.9. The maximum Gasteiger partial charge on any atom is 0.194 e. The van der Waals surface area contributed by atoms with E-state index < -0.39 is 0 Å². The second-order valence-electron chi connectivity index (χ2n) is 7.96. The van der Waals surface area contributed by atoms with E-state index in [0.717, 1.165) is 44.3 Å². The number of aromatic nitrogens is 4. The Hall–Kier alpha value is -3.09. The highest BCUT2D eigenvalue weighted by atomic mass is 15.3. The number of nitrogens with zero attached hydrogens (tertiary/aromatic N) is 6. The molecule has 1 aromatic carbocycles. The molecule has 30 heavy (non-hydrogen) atoms. The van der Waals surface area contributed by atoms with Crippen LogP contribution in [0.3, 0.4) is 0 Å². The third-order valence-electron chi connectivity index (χ3n) is 6.03. The van der Waals surface area contributed by atoms with Crippen molar-refractivity contribution in [2.45, 2.75) is 38.9 Å². The lowest BCUT2D eigenvalue weighted by Crippen LogP contribution is -2.48. The average molecular weight is 406 g/mol. The van der Waals surface area contributed by atoms with Gasteiger partial charge < -0.3 is 19.4 Å². The van der Waals surface area contributed by atoms with Gasteiger partial charge in [0.25, 0.3) is 0 Å². The van der Waals surface area contributed by atoms with Crippen molar-refractivity contribution in [3.05, 3.63) is 72.8 Å². The first-order chi connectivity index (χ1) is 14.7. The summed E-state index contributed by atoms with van der Waals surface area (Å²) in [5.74, 6) is 2.58. The standard InChI is InChI=1S/C23H31N7/c1-19-8-12-29(17-21(19)30-14-10-25-18-30)23(24-2)27-16-22-26-11-15-28(22)13-9-20-6-4-3-5-7-20/h3-7,10-11,14-15,18-19,21H,8-9,12-13,16-17H2,1-2H3,(H,24,27). The highest BCUT2D eigenvalue weighted by Gasteiger charge is 2.28. The van der Waals surface area contributed by atoms with Gasteiger partial charge in [-0.3, -0.25) is 4.99 Å². The molecular weight excluding hydrogens is 374 g/mol. The lowest BCUT2D eigenvalue weighted by molar-refractivity contribution is 0.189. The van der Waals surface area contributed by atoms with Crippen LogP contribution in [0.15, 0.2) is 66.4 Å². The Morgan fingerprint density at radius 2 is 2.07 bits per heavy atom. The second-order valence-corrected chi connectivity index (χ2v) is 7.96. The van der Waals surface area contributed by atoms with E-state index in [9.17, 15) is 0 Å². The molecule has 7 heteroatoms. The van der Waals surface area contributed by atoms with E-state index >= 15 is 0 Å². The van der Waals surface area contributed by atoms with Crippen LogP contribution in [0, 0.1) is 5.92 Å². The van der Waals surface area contributed by atoms with Gasteiger partial charge in [0, 0.05) is 51.5 Å².